The molecule has 8 rings (SSSR count). The highest BCUT2D eigenvalue weighted by Crippen LogP contribution is 2.39. The van der Waals surface area contributed by atoms with Crippen molar-refractivity contribution in [1.29, 1.82) is 0 Å². The molecule has 4 heteroatoms. The van der Waals surface area contributed by atoms with Crippen LogP contribution in [0.15, 0.2) is 146 Å². The molecule has 2 aromatic heterocycles. The molecule has 0 aliphatic rings. The summed E-state index contributed by atoms with van der Waals surface area (Å²) in [7, 11) is 0. The van der Waals surface area contributed by atoms with Gasteiger partial charge in [-0.15, -0.1) is 0 Å². The van der Waals surface area contributed by atoms with Crippen molar-refractivity contribution in [3.63, 3.8) is 0 Å². The second-order valence-electron chi connectivity index (χ2n) is 10.3. The number of aromatic nitrogens is 4. The predicted octanol–water partition coefficient (Wildman–Crippen LogP) is 9.39. The van der Waals surface area contributed by atoms with Crippen molar-refractivity contribution < 1.29 is 0 Å². The van der Waals surface area contributed by atoms with Crippen molar-refractivity contribution in [2.24, 2.45) is 0 Å². The van der Waals surface area contributed by atoms with E-state index in [0.717, 1.165) is 27.8 Å². The minimum Gasteiger partial charge on any atom is -0.265 e. The first-order valence-electron chi connectivity index (χ1n) is 14.0. The van der Waals surface area contributed by atoms with Crippen LogP contribution >= 0.6 is 0 Å². The molecule has 0 aliphatic heterocycles. The SMILES string of the molecule is c1ccc(-c2nc(-c3ccncc3)nc(-c3ccccc3-c3ccc4c5ccccc5c5ccccc5c4c3)n2)cc1. The van der Waals surface area contributed by atoms with Gasteiger partial charge in [-0.3, -0.25) is 4.98 Å². The molecule has 0 radical (unpaired) electrons. The van der Waals surface area contributed by atoms with Gasteiger partial charge in [-0.1, -0.05) is 115 Å². The summed E-state index contributed by atoms with van der Waals surface area (Å²) in [5.41, 5.74) is 4.98. The Hall–Kier alpha value is -5.74. The molecule has 0 saturated carbocycles. The van der Waals surface area contributed by atoms with Crippen LogP contribution < -0.4 is 0 Å². The van der Waals surface area contributed by atoms with Gasteiger partial charge in [0.1, 0.15) is 0 Å². The van der Waals surface area contributed by atoms with Gasteiger partial charge in [-0.2, -0.15) is 0 Å². The maximum absolute atomic E-state index is 5.00. The van der Waals surface area contributed by atoms with Crippen LogP contribution in [0.4, 0.5) is 0 Å². The molecule has 0 saturated heterocycles. The van der Waals surface area contributed by atoms with Gasteiger partial charge >= 0.3 is 0 Å². The molecule has 2 heterocycles. The fraction of sp³-hybridized carbons (Fsp3) is 0. The van der Waals surface area contributed by atoms with Crippen LogP contribution in [-0.4, -0.2) is 19.9 Å². The molecule has 0 atom stereocenters. The average molecular weight is 537 g/mol. The van der Waals surface area contributed by atoms with Gasteiger partial charge in [0, 0.05) is 29.1 Å². The number of benzene rings is 6. The number of hydrogen-bond donors (Lipinski definition) is 0. The van der Waals surface area contributed by atoms with Gasteiger partial charge in [-0.05, 0) is 61.6 Å². The largest absolute Gasteiger partial charge is 0.265 e. The monoisotopic (exact) mass is 536 g/mol. The fourth-order valence-corrected chi connectivity index (χ4v) is 5.85. The van der Waals surface area contributed by atoms with Gasteiger partial charge in [0.05, 0.1) is 0 Å². The molecular formula is C38H24N4. The van der Waals surface area contributed by atoms with Crippen LogP contribution in [0.2, 0.25) is 0 Å². The smallest absolute Gasteiger partial charge is 0.164 e. The first kappa shape index (κ1) is 24.1. The van der Waals surface area contributed by atoms with Crippen LogP contribution in [0.5, 0.6) is 0 Å². The van der Waals surface area contributed by atoms with Crippen molar-refractivity contribution in [2.75, 3.05) is 0 Å². The normalized spacial score (nSPS) is 11.3. The summed E-state index contributed by atoms with van der Waals surface area (Å²) in [5, 5.41) is 7.52. The van der Waals surface area contributed by atoms with Crippen molar-refractivity contribution in [1.82, 2.24) is 19.9 Å². The molecule has 0 bridgehead atoms. The molecule has 0 unspecified atom stereocenters. The highest BCUT2D eigenvalue weighted by Gasteiger charge is 2.16. The zero-order valence-corrected chi connectivity index (χ0v) is 22.6. The number of fused-ring (bicyclic) bond motifs is 6. The van der Waals surface area contributed by atoms with Gasteiger partial charge in [0.2, 0.25) is 0 Å². The minimum atomic E-state index is 0.618. The van der Waals surface area contributed by atoms with Gasteiger partial charge < -0.3 is 0 Å². The topological polar surface area (TPSA) is 51.6 Å². The Labute approximate surface area is 243 Å². The third-order valence-corrected chi connectivity index (χ3v) is 7.83. The van der Waals surface area contributed by atoms with Crippen LogP contribution in [-0.2, 0) is 0 Å². The lowest BCUT2D eigenvalue weighted by molar-refractivity contribution is 1.07. The van der Waals surface area contributed by atoms with Crippen molar-refractivity contribution in [2.45, 2.75) is 0 Å². The standard InChI is InChI=1S/C38H24N4/c1-2-10-25(11-3-1)36-40-37(26-20-22-39-23-21-26)42-38(41-36)34-17-9-4-12-28(34)27-18-19-33-31-15-6-5-13-29(31)30-14-7-8-16-32(30)35(33)24-27/h1-24H. The number of hydrogen-bond acceptors (Lipinski definition) is 4. The molecule has 0 spiro atoms. The van der Waals surface area contributed by atoms with E-state index in [1.165, 1.54) is 32.3 Å². The maximum atomic E-state index is 5.00. The van der Waals surface area contributed by atoms with Gasteiger partial charge in [0.25, 0.3) is 0 Å². The molecule has 0 N–H and O–H groups in total. The van der Waals surface area contributed by atoms with E-state index in [9.17, 15) is 0 Å². The van der Waals surface area contributed by atoms with E-state index in [-0.39, 0.29) is 0 Å². The number of rotatable bonds is 4. The van der Waals surface area contributed by atoms with Crippen LogP contribution in [0.1, 0.15) is 0 Å². The second kappa shape index (κ2) is 10.0. The lowest BCUT2D eigenvalue weighted by Gasteiger charge is -2.14. The van der Waals surface area contributed by atoms with E-state index in [0.29, 0.717) is 17.5 Å². The third kappa shape index (κ3) is 4.09. The van der Waals surface area contributed by atoms with Gasteiger partial charge in [0.15, 0.2) is 17.5 Å². The summed E-state index contributed by atoms with van der Waals surface area (Å²) < 4.78 is 0. The van der Waals surface area contributed by atoms with E-state index in [2.05, 4.69) is 89.9 Å². The van der Waals surface area contributed by atoms with Crippen LogP contribution in [0.25, 0.3) is 77.6 Å². The molecular weight excluding hydrogens is 512 g/mol. The highest BCUT2D eigenvalue weighted by atomic mass is 15.0. The number of pyridine rings is 1. The van der Waals surface area contributed by atoms with E-state index in [1.807, 2.05) is 48.5 Å². The maximum Gasteiger partial charge on any atom is 0.164 e. The lowest BCUT2D eigenvalue weighted by Crippen LogP contribution is -2.01. The zero-order chi connectivity index (χ0) is 27.9. The molecule has 0 fully saturated rings. The summed E-state index contributed by atoms with van der Waals surface area (Å²) in [6.07, 6.45) is 3.52. The molecule has 8 aromatic rings. The van der Waals surface area contributed by atoms with Crippen molar-refractivity contribution in [3.05, 3.63) is 146 Å². The van der Waals surface area contributed by atoms with E-state index in [1.54, 1.807) is 12.4 Å². The van der Waals surface area contributed by atoms with E-state index < -0.39 is 0 Å². The second-order valence-corrected chi connectivity index (χ2v) is 10.3. The number of nitrogens with zero attached hydrogens (tertiary/aromatic N) is 4. The molecule has 196 valence electrons. The predicted molar refractivity (Wildman–Crippen MR) is 172 cm³/mol. The Balaban J connectivity index is 1.36. The Morgan fingerprint density at radius 1 is 0.310 bits per heavy atom. The van der Waals surface area contributed by atoms with Crippen LogP contribution in [0.3, 0.4) is 0 Å². The minimum absolute atomic E-state index is 0.618. The average Bonchev–Trinajstić information content (AvgIpc) is 3.09. The van der Waals surface area contributed by atoms with Crippen molar-refractivity contribution >= 4 is 32.3 Å². The third-order valence-electron chi connectivity index (χ3n) is 7.83. The Morgan fingerprint density at radius 2 is 0.786 bits per heavy atom. The Bertz CT molecular complexity index is 2150. The molecule has 4 nitrogen and oxygen atoms in total. The first-order chi connectivity index (χ1) is 20.8. The van der Waals surface area contributed by atoms with Crippen LogP contribution in [0, 0.1) is 0 Å². The molecule has 0 aliphatic carbocycles. The quantitative estimate of drug-likeness (QED) is 0.210. The summed E-state index contributed by atoms with van der Waals surface area (Å²) in [5.74, 6) is 1.89. The van der Waals surface area contributed by atoms with E-state index >= 15 is 0 Å². The Kier molecular flexibility index (Phi) is 5.75. The molecule has 42 heavy (non-hydrogen) atoms. The highest BCUT2D eigenvalue weighted by molar-refractivity contribution is 6.25. The fourth-order valence-electron chi connectivity index (χ4n) is 5.85. The molecule has 6 aromatic carbocycles. The summed E-state index contributed by atoms with van der Waals surface area (Å²) in [6, 6.07) is 46.4. The van der Waals surface area contributed by atoms with E-state index in [4.69, 9.17) is 15.0 Å². The lowest BCUT2D eigenvalue weighted by atomic mass is 9.91. The summed E-state index contributed by atoms with van der Waals surface area (Å²) >= 11 is 0. The summed E-state index contributed by atoms with van der Waals surface area (Å²) in [6.45, 7) is 0. The molecule has 0 amide bonds. The first-order valence-corrected chi connectivity index (χ1v) is 14.0. The Morgan fingerprint density at radius 3 is 1.43 bits per heavy atom. The van der Waals surface area contributed by atoms with Crippen molar-refractivity contribution in [3.8, 4) is 45.3 Å². The summed E-state index contributed by atoms with van der Waals surface area (Å²) in [4.78, 5) is 19.0. The van der Waals surface area contributed by atoms with Gasteiger partial charge in [-0.25, -0.2) is 15.0 Å². The zero-order valence-electron chi connectivity index (χ0n) is 22.6.